The molecule has 4 nitrogen and oxygen atoms in total. The van der Waals surface area contributed by atoms with Crippen molar-refractivity contribution >= 4 is 5.91 Å². The molecule has 2 aliphatic rings. The fourth-order valence-electron chi connectivity index (χ4n) is 3.64. The summed E-state index contributed by atoms with van der Waals surface area (Å²) < 4.78 is 0. The van der Waals surface area contributed by atoms with Gasteiger partial charge < -0.3 is 15.1 Å². The van der Waals surface area contributed by atoms with Crippen molar-refractivity contribution in [1.82, 2.24) is 15.1 Å². The van der Waals surface area contributed by atoms with E-state index in [0.717, 1.165) is 52.1 Å². The highest BCUT2D eigenvalue weighted by molar-refractivity contribution is 5.84. The van der Waals surface area contributed by atoms with Gasteiger partial charge in [0, 0.05) is 26.2 Å². The molecule has 0 radical (unpaired) electrons. The number of hydrogen-bond acceptors (Lipinski definition) is 3. The molecule has 1 aromatic carbocycles. The highest BCUT2D eigenvalue weighted by atomic mass is 16.2. The minimum atomic E-state index is -0.150. The number of carbonyl (C=O) groups is 1. The van der Waals surface area contributed by atoms with Gasteiger partial charge in [0.1, 0.15) is 6.04 Å². The maximum atomic E-state index is 13.0. The third kappa shape index (κ3) is 3.33. The van der Waals surface area contributed by atoms with E-state index in [1.807, 2.05) is 6.07 Å². The first-order valence-corrected chi connectivity index (χ1v) is 8.62. The Balaban J connectivity index is 1.69. The Bertz CT molecular complexity index is 517. The third-order valence-corrected chi connectivity index (χ3v) is 4.80. The number of carbonyl (C=O) groups excluding carboxylic acids is 1. The summed E-state index contributed by atoms with van der Waals surface area (Å²) in [4.78, 5) is 17.5. The largest absolute Gasteiger partial charge is 0.340 e. The molecule has 2 heterocycles. The van der Waals surface area contributed by atoms with Crippen LogP contribution in [0.5, 0.6) is 0 Å². The highest BCUT2D eigenvalue weighted by Crippen LogP contribution is 2.24. The van der Waals surface area contributed by atoms with E-state index < -0.39 is 0 Å². The van der Waals surface area contributed by atoms with Crippen LogP contribution in [0.3, 0.4) is 0 Å². The molecule has 0 unspecified atom stereocenters. The van der Waals surface area contributed by atoms with Crippen LogP contribution >= 0.6 is 0 Å². The number of benzene rings is 1. The van der Waals surface area contributed by atoms with Crippen molar-refractivity contribution in [3.8, 4) is 0 Å². The van der Waals surface area contributed by atoms with Gasteiger partial charge in [-0.2, -0.15) is 0 Å². The topological polar surface area (TPSA) is 35.6 Å². The van der Waals surface area contributed by atoms with Crippen molar-refractivity contribution in [2.75, 3.05) is 39.3 Å². The lowest BCUT2D eigenvalue weighted by molar-refractivity contribution is -0.133. The first kappa shape index (κ1) is 15.5. The zero-order valence-electron chi connectivity index (χ0n) is 13.6. The number of nitrogens with one attached hydrogen (secondary N) is 1. The number of nitrogens with zero attached hydrogens (tertiary/aromatic N) is 2. The van der Waals surface area contributed by atoms with Crippen LogP contribution in [0.25, 0.3) is 0 Å². The number of fused-ring (bicyclic) bond motifs is 1. The molecule has 0 aliphatic carbocycles. The second-order valence-corrected chi connectivity index (χ2v) is 6.36. The van der Waals surface area contributed by atoms with Crippen molar-refractivity contribution < 1.29 is 4.79 Å². The number of rotatable bonds is 3. The van der Waals surface area contributed by atoms with Crippen LogP contribution < -0.4 is 5.32 Å². The molecule has 0 aromatic heterocycles. The Kier molecular flexibility index (Phi) is 5.11. The fourth-order valence-corrected chi connectivity index (χ4v) is 3.64. The van der Waals surface area contributed by atoms with Gasteiger partial charge in [-0.25, -0.2) is 0 Å². The van der Waals surface area contributed by atoms with Gasteiger partial charge in [-0.15, -0.1) is 0 Å². The third-order valence-electron chi connectivity index (χ3n) is 4.80. The van der Waals surface area contributed by atoms with E-state index >= 15 is 0 Å². The van der Waals surface area contributed by atoms with Crippen molar-refractivity contribution in [3.05, 3.63) is 35.4 Å². The monoisotopic (exact) mass is 301 g/mol. The van der Waals surface area contributed by atoms with Gasteiger partial charge in [0.25, 0.3) is 0 Å². The van der Waals surface area contributed by atoms with Crippen LogP contribution in [0, 0.1) is 0 Å². The molecule has 1 amide bonds. The summed E-state index contributed by atoms with van der Waals surface area (Å²) in [5.74, 6) is 0.255. The number of amides is 1. The van der Waals surface area contributed by atoms with Crippen molar-refractivity contribution in [3.63, 3.8) is 0 Å². The van der Waals surface area contributed by atoms with Crippen LogP contribution in [0.15, 0.2) is 24.3 Å². The van der Waals surface area contributed by atoms with Crippen LogP contribution in [0.4, 0.5) is 0 Å². The summed E-state index contributed by atoms with van der Waals surface area (Å²) >= 11 is 0. The molecule has 3 rings (SSSR count). The minimum absolute atomic E-state index is 0.150. The SMILES string of the molecule is CCCN1CCCN(C(=O)[C@H]2NCCc3ccccc32)CC1. The van der Waals surface area contributed by atoms with E-state index in [4.69, 9.17) is 0 Å². The predicted octanol–water partition coefficient (Wildman–Crippen LogP) is 1.82. The van der Waals surface area contributed by atoms with E-state index in [0.29, 0.717) is 0 Å². The average Bonchev–Trinajstić information content (AvgIpc) is 2.80. The maximum Gasteiger partial charge on any atom is 0.244 e. The van der Waals surface area contributed by atoms with Gasteiger partial charge in [0.05, 0.1) is 0 Å². The summed E-state index contributed by atoms with van der Waals surface area (Å²) in [7, 11) is 0. The second-order valence-electron chi connectivity index (χ2n) is 6.36. The Morgan fingerprint density at radius 1 is 1.23 bits per heavy atom. The predicted molar refractivity (Wildman–Crippen MR) is 88.8 cm³/mol. The lowest BCUT2D eigenvalue weighted by Gasteiger charge is -2.31. The molecule has 0 saturated carbocycles. The number of hydrogen-bond donors (Lipinski definition) is 1. The molecule has 120 valence electrons. The van der Waals surface area contributed by atoms with Crippen molar-refractivity contribution in [2.45, 2.75) is 32.2 Å². The van der Waals surface area contributed by atoms with E-state index in [1.165, 1.54) is 17.5 Å². The average molecular weight is 301 g/mol. The molecule has 2 aliphatic heterocycles. The molecule has 0 bridgehead atoms. The Morgan fingerprint density at radius 3 is 2.95 bits per heavy atom. The van der Waals surface area contributed by atoms with E-state index in [1.54, 1.807) is 0 Å². The van der Waals surface area contributed by atoms with E-state index in [2.05, 4.69) is 40.2 Å². The van der Waals surface area contributed by atoms with Crippen molar-refractivity contribution in [2.24, 2.45) is 0 Å². The molecular formula is C18H27N3O. The molecular weight excluding hydrogens is 274 g/mol. The molecule has 1 saturated heterocycles. The summed E-state index contributed by atoms with van der Waals surface area (Å²) in [5.41, 5.74) is 2.50. The smallest absolute Gasteiger partial charge is 0.244 e. The molecule has 1 fully saturated rings. The Labute approximate surface area is 133 Å². The summed E-state index contributed by atoms with van der Waals surface area (Å²) in [5, 5.41) is 3.42. The molecule has 0 spiro atoms. The normalized spacial score (nSPS) is 23.0. The zero-order chi connectivity index (χ0) is 15.4. The zero-order valence-corrected chi connectivity index (χ0v) is 13.6. The lowest BCUT2D eigenvalue weighted by atomic mass is 9.93. The highest BCUT2D eigenvalue weighted by Gasteiger charge is 2.30. The van der Waals surface area contributed by atoms with E-state index in [-0.39, 0.29) is 11.9 Å². The molecule has 1 aromatic rings. The molecule has 4 heteroatoms. The first-order valence-electron chi connectivity index (χ1n) is 8.62. The standard InChI is InChI=1S/C18H27N3O/c1-2-10-20-11-5-12-21(14-13-20)18(22)17-16-7-4-3-6-15(16)8-9-19-17/h3-4,6-7,17,19H,2,5,8-14H2,1H3/t17-/m0/s1. The second kappa shape index (κ2) is 7.25. The van der Waals surface area contributed by atoms with Crippen LogP contribution in [-0.2, 0) is 11.2 Å². The molecule has 1 atom stereocenters. The first-order chi connectivity index (χ1) is 10.8. The summed E-state index contributed by atoms with van der Waals surface area (Å²) in [6.45, 7) is 8.13. The maximum absolute atomic E-state index is 13.0. The van der Waals surface area contributed by atoms with Gasteiger partial charge >= 0.3 is 0 Å². The van der Waals surface area contributed by atoms with Crippen LogP contribution in [0.2, 0.25) is 0 Å². The molecule has 22 heavy (non-hydrogen) atoms. The van der Waals surface area contributed by atoms with Gasteiger partial charge in [-0.05, 0) is 43.5 Å². The molecule has 1 N–H and O–H groups in total. The van der Waals surface area contributed by atoms with E-state index in [9.17, 15) is 4.79 Å². The lowest BCUT2D eigenvalue weighted by Crippen LogP contribution is -2.45. The van der Waals surface area contributed by atoms with Gasteiger partial charge in [0.2, 0.25) is 5.91 Å². The van der Waals surface area contributed by atoms with Gasteiger partial charge in [-0.3, -0.25) is 4.79 Å². The van der Waals surface area contributed by atoms with Gasteiger partial charge in [0.15, 0.2) is 0 Å². The van der Waals surface area contributed by atoms with Crippen LogP contribution in [0.1, 0.15) is 36.9 Å². The quantitative estimate of drug-likeness (QED) is 0.925. The minimum Gasteiger partial charge on any atom is -0.340 e. The Hall–Kier alpha value is -1.39. The summed E-state index contributed by atoms with van der Waals surface area (Å²) in [6, 6.07) is 8.22. The van der Waals surface area contributed by atoms with Crippen LogP contribution in [-0.4, -0.2) is 55.0 Å². The van der Waals surface area contributed by atoms with Gasteiger partial charge in [-0.1, -0.05) is 31.2 Å². The fraction of sp³-hybridized carbons (Fsp3) is 0.611. The van der Waals surface area contributed by atoms with Crippen molar-refractivity contribution in [1.29, 1.82) is 0 Å². The Morgan fingerprint density at radius 2 is 2.09 bits per heavy atom. The summed E-state index contributed by atoms with van der Waals surface area (Å²) in [6.07, 6.45) is 3.29.